The molecule has 0 bridgehead atoms. The molecule has 0 radical (unpaired) electrons. The van der Waals surface area contributed by atoms with Crippen LogP contribution in [0, 0.1) is 0 Å². The molecule has 2 aliphatic heterocycles. The molecule has 4 aromatic heterocycles. The van der Waals surface area contributed by atoms with Crippen molar-refractivity contribution >= 4 is 54.9 Å². The molecule has 6 heterocycles. The third-order valence-corrected chi connectivity index (χ3v) is 8.37. The zero-order valence-electron chi connectivity index (χ0n) is 19.3. The standard InChI is InChI=1S/C24H29BrN8S/c1-30-9-11-31(12-10-30)19-4-7-32(8-5-19)24-28-20-6-13-34-22(20)23(29-24)26-14-18-16-33-15-17(25)2-3-21(33)27-18/h2-3,6,13,15-16,19H,4-5,7-12,14H2,1H3,(H,26,28,29). The van der Waals surface area contributed by atoms with Crippen molar-refractivity contribution in [1.82, 2.24) is 29.2 Å². The number of pyridine rings is 1. The van der Waals surface area contributed by atoms with E-state index < -0.39 is 0 Å². The summed E-state index contributed by atoms with van der Waals surface area (Å²) in [5.74, 6) is 1.73. The number of thiophene rings is 1. The Bertz CT molecular complexity index is 1290. The second-order valence-electron chi connectivity index (χ2n) is 9.26. The molecule has 4 aromatic rings. The largest absolute Gasteiger partial charge is 0.363 e. The zero-order valence-corrected chi connectivity index (χ0v) is 21.7. The second-order valence-corrected chi connectivity index (χ2v) is 11.1. The number of imidazole rings is 1. The molecule has 10 heteroatoms. The number of likely N-dealkylation sites (N-methyl/N-ethyl adjacent to an activating group) is 1. The van der Waals surface area contributed by atoms with Gasteiger partial charge in [0.05, 0.1) is 22.5 Å². The normalized spacial score (nSPS) is 18.8. The van der Waals surface area contributed by atoms with E-state index in [9.17, 15) is 0 Å². The van der Waals surface area contributed by atoms with Crippen LogP contribution in [-0.4, -0.2) is 81.5 Å². The highest BCUT2D eigenvalue weighted by atomic mass is 79.9. The topological polar surface area (TPSA) is 64.8 Å². The van der Waals surface area contributed by atoms with Gasteiger partial charge in [0.1, 0.15) is 11.5 Å². The first-order chi connectivity index (χ1) is 16.6. The average Bonchev–Trinajstić information content (AvgIpc) is 3.49. The molecule has 178 valence electrons. The molecule has 0 atom stereocenters. The summed E-state index contributed by atoms with van der Waals surface area (Å²) in [5, 5.41) is 5.64. The van der Waals surface area contributed by atoms with Crippen molar-refractivity contribution in [3.05, 3.63) is 46.1 Å². The van der Waals surface area contributed by atoms with Gasteiger partial charge in [-0.1, -0.05) is 0 Å². The first-order valence-electron chi connectivity index (χ1n) is 11.9. The fourth-order valence-electron chi connectivity index (χ4n) is 5.01. The lowest BCUT2D eigenvalue weighted by Crippen LogP contribution is -2.52. The van der Waals surface area contributed by atoms with Crippen LogP contribution in [0.15, 0.2) is 40.4 Å². The third kappa shape index (κ3) is 4.51. The van der Waals surface area contributed by atoms with Crippen LogP contribution in [0.4, 0.5) is 11.8 Å². The molecule has 6 rings (SSSR count). The van der Waals surface area contributed by atoms with Gasteiger partial charge in [-0.25, -0.2) is 9.97 Å². The van der Waals surface area contributed by atoms with E-state index in [1.54, 1.807) is 11.3 Å². The molecule has 2 saturated heterocycles. The number of nitrogens with one attached hydrogen (secondary N) is 1. The number of hydrogen-bond acceptors (Lipinski definition) is 8. The highest BCUT2D eigenvalue weighted by molar-refractivity contribution is 9.10. The Hall–Kier alpha value is -2.27. The lowest BCUT2D eigenvalue weighted by Gasteiger charge is -2.42. The Balaban J connectivity index is 1.16. The highest BCUT2D eigenvalue weighted by Gasteiger charge is 2.28. The number of fused-ring (bicyclic) bond motifs is 2. The van der Waals surface area contributed by atoms with Gasteiger partial charge in [-0.3, -0.25) is 4.90 Å². The lowest BCUT2D eigenvalue weighted by molar-refractivity contribution is 0.0980. The van der Waals surface area contributed by atoms with Crippen molar-refractivity contribution in [2.45, 2.75) is 25.4 Å². The summed E-state index contributed by atoms with van der Waals surface area (Å²) in [6.45, 7) is 7.36. The number of nitrogens with zero attached hydrogens (tertiary/aromatic N) is 7. The van der Waals surface area contributed by atoms with Crippen LogP contribution in [0.25, 0.3) is 15.9 Å². The van der Waals surface area contributed by atoms with E-state index in [4.69, 9.17) is 15.0 Å². The molecular weight excluding hydrogens is 512 g/mol. The SMILES string of the molecule is CN1CCN(C2CCN(c3nc(NCc4cn5cc(Br)ccc5n4)c4sccc4n3)CC2)CC1. The van der Waals surface area contributed by atoms with Gasteiger partial charge < -0.3 is 19.5 Å². The maximum atomic E-state index is 4.98. The summed E-state index contributed by atoms with van der Waals surface area (Å²) in [5.41, 5.74) is 2.93. The summed E-state index contributed by atoms with van der Waals surface area (Å²) in [7, 11) is 2.22. The van der Waals surface area contributed by atoms with Gasteiger partial charge >= 0.3 is 0 Å². The molecular formula is C24H29BrN8S. The molecule has 0 spiro atoms. The van der Waals surface area contributed by atoms with E-state index in [0.717, 1.165) is 50.9 Å². The monoisotopic (exact) mass is 540 g/mol. The predicted octanol–water partition coefficient (Wildman–Crippen LogP) is 3.93. The minimum Gasteiger partial charge on any atom is -0.363 e. The van der Waals surface area contributed by atoms with Gasteiger partial charge in [0.2, 0.25) is 5.95 Å². The van der Waals surface area contributed by atoms with Crippen molar-refractivity contribution in [1.29, 1.82) is 0 Å². The van der Waals surface area contributed by atoms with Crippen LogP contribution in [0.1, 0.15) is 18.5 Å². The Kier molecular flexibility index (Phi) is 6.15. The van der Waals surface area contributed by atoms with E-state index in [1.165, 1.54) is 39.0 Å². The van der Waals surface area contributed by atoms with E-state index in [0.29, 0.717) is 12.6 Å². The molecule has 8 nitrogen and oxygen atoms in total. The number of piperazine rings is 1. The van der Waals surface area contributed by atoms with Gasteiger partial charge in [-0.05, 0) is 59.4 Å². The maximum Gasteiger partial charge on any atom is 0.227 e. The van der Waals surface area contributed by atoms with Crippen LogP contribution < -0.4 is 10.2 Å². The second kappa shape index (κ2) is 9.41. The average molecular weight is 542 g/mol. The number of anilines is 2. The molecule has 0 aromatic carbocycles. The van der Waals surface area contributed by atoms with E-state index in [2.05, 4.69) is 60.6 Å². The number of hydrogen-bond donors (Lipinski definition) is 1. The third-order valence-electron chi connectivity index (χ3n) is 7.00. The summed E-state index contributed by atoms with van der Waals surface area (Å²) in [6.07, 6.45) is 6.43. The minimum atomic E-state index is 0.619. The van der Waals surface area contributed by atoms with Gasteiger partial charge in [-0.15, -0.1) is 11.3 Å². The highest BCUT2D eigenvalue weighted by Crippen LogP contribution is 2.30. The number of halogens is 1. The number of rotatable bonds is 5. The van der Waals surface area contributed by atoms with Crippen LogP contribution in [0.2, 0.25) is 0 Å². The summed E-state index contributed by atoms with van der Waals surface area (Å²) < 4.78 is 4.18. The lowest BCUT2D eigenvalue weighted by atomic mass is 10.0. The maximum absolute atomic E-state index is 4.98. The Morgan fingerprint density at radius 3 is 2.65 bits per heavy atom. The minimum absolute atomic E-state index is 0.619. The number of aromatic nitrogens is 4. The van der Waals surface area contributed by atoms with Crippen LogP contribution in [-0.2, 0) is 6.54 Å². The Labute approximate surface area is 211 Å². The van der Waals surface area contributed by atoms with Crippen molar-refractivity contribution in [3.8, 4) is 0 Å². The van der Waals surface area contributed by atoms with Gasteiger partial charge in [-0.2, -0.15) is 4.98 Å². The van der Waals surface area contributed by atoms with E-state index in [-0.39, 0.29) is 0 Å². The molecule has 1 N–H and O–H groups in total. The van der Waals surface area contributed by atoms with Crippen molar-refractivity contribution < 1.29 is 0 Å². The molecule has 2 fully saturated rings. The van der Waals surface area contributed by atoms with Crippen molar-refractivity contribution in [3.63, 3.8) is 0 Å². The Morgan fingerprint density at radius 1 is 1.00 bits per heavy atom. The quantitative estimate of drug-likeness (QED) is 0.411. The summed E-state index contributed by atoms with van der Waals surface area (Å²) >= 11 is 5.21. The van der Waals surface area contributed by atoms with E-state index >= 15 is 0 Å². The molecule has 0 amide bonds. The predicted molar refractivity (Wildman–Crippen MR) is 142 cm³/mol. The summed E-state index contributed by atoms with van der Waals surface area (Å²) in [4.78, 5) is 22.1. The van der Waals surface area contributed by atoms with E-state index in [1.807, 2.05) is 22.7 Å². The fourth-order valence-corrected chi connectivity index (χ4v) is 6.16. The smallest absolute Gasteiger partial charge is 0.227 e. The molecule has 2 aliphatic rings. The van der Waals surface area contributed by atoms with Crippen molar-refractivity contribution in [2.75, 3.05) is 56.5 Å². The first-order valence-corrected chi connectivity index (χ1v) is 13.6. The molecule has 0 unspecified atom stereocenters. The molecule has 0 aliphatic carbocycles. The Morgan fingerprint density at radius 2 is 1.82 bits per heavy atom. The van der Waals surface area contributed by atoms with Gasteiger partial charge in [0, 0.05) is 62.2 Å². The van der Waals surface area contributed by atoms with Crippen molar-refractivity contribution in [2.24, 2.45) is 0 Å². The van der Waals surface area contributed by atoms with Gasteiger partial charge in [0.25, 0.3) is 0 Å². The van der Waals surface area contributed by atoms with Crippen LogP contribution in [0.3, 0.4) is 0 Å². The first kappa shape index (κ1) is 22.2. The molecule has 0 saturated carbocycles. The summed E-state index contributed by atoms with van der Waals surface area (Å²) in [6, 6.07) is 6.80. The number of piperidine rings is 1. The van der Waals surface area contributed by atoms with Gasteiger partial charge in [0.15, 0.2) is 0 Å². The van der Waals surface area contributed by atoms with Crippen LogP contribution in [0.5, 0.6) is 0 Å². The molecule has 34 heavy (non-hydrogen) atoms. The fraction of sp³-hybridized carbons (Fsp3) is 0.458. The van der Waals surface area contributed by atoms with Crippen LogP contribution >= 0.6 is 27.3 Å². The zero-order chi connectivity index (χ0) is 23.1.